The van der Waals surface area contributed by atoms with Crippen LogP contribution >= 0.6 is 0 Å². The van der Waals surface area contributed by atoms with Crippen molar-refractivity contribution in [1.29, 1.82) is 0 Å². The van der Waals surface area contributed by atoms with Crippen molar-refractivity contribution < 1.29 is 4.74 Å². The van der Waals surface area contributed by atoms with Gasteiger partial charge in [-0.1, -0.05) is 27.2 Å². The molecule has 0 saturated heterocycles. The molecule has 0 amide bonds. The third-order valence-electron chi connectivity index (χ3n) is 5.47. The molecule has 4 atom stereocenters. The van der Waals surface area contributed by atoms with Crippen LogP contribution in [0.15, 0.2) is 0 Å². The van der Waals surface area contributed by atoms with Gasteiger partial charge in [0.15, 0.2) is 0 Å². The molecule has 4 unspecified atom stereocenters. The molecule has 0 heterocycles. The summed E-state index contributed by atoms with van der Waals surface area (Å²) in [4.78, 5) is 0. The Labute approximate surface area is 88.2 Å². The summed E-state index contributed by atoms with van der Waals surface area (Å²) in [5.41, 5.74) is 0.670. The molecule has 14 heavy (non-hydrogen) atoms. The topological polar surface area (TPSA) is 9.23 Å². The Morgan fingerprint density at radius 1 is 1.21 bits per heavy atom. The Morgan fingerprint density at radius 3 is 2.29 bits per heavy atom. The van der Waals surface area contributed by atoms with E-state index in [0.717, 1.165) is 17.8 Å². The molecule has 3 rings (SSSR count). The second kappa shape index (κ2) is 2.98. The van der Waals surface area contributed by atoms with Crippen LogP contribution in [0.3, 0.4) is 0 Å². The minimum absolute atomic E-state index is 0.146. The van der Waals surface area contributed by atoms with Crippen molar-refractivity contribution >= 4 is 0 Å². The van der Waals surface area contributed by atoms with Crippen LogP contribution < -0.4 is 0 Å². The fourth-order valence-electron chi connectivity index (χ4n) is 4.13. The fourth-order valence-corrected chi connectivity index (χ4v) is 4.13. The van der Waals surface area contributed by atoms with E-state index in [0.29, 0.717) is 5.41 Å². The van der Waals surface area contributed by atoms with Gasteiger partial charge in [0.2, 0.25) is 0 Å². The van der Waals surface area contributed by atoms with Gasteiger partial charge in [0.05, 0.1) is 5.60 Å². The summed E-state index contributed by atoms with van der Waals surface area (Å²) in [6.45, 7) is 9.49. The van der Waals surface area contributed by atoms with Crippen molar-refractivity contribution in [3.8, 4) is 0 Å². The smallest absolute Gasteiger partial charge is 0.0712 e. The minimum Gasteiger partial charge on any atom is -0.378 e. The molecule has 0 N–H and O–H groups in total. The first-order valence-electron chi connectivity index (χ1n) is 6.02. The van der Waals surface area contributed by atoms with Crippen LogP contribution in [-0.2, 0) is 4.74 Å². The van der Waals surface area contributed by atoms with Gasteiger partial charge in [-0.15, -0.1) is 0 Å². The van der Waals surface area contributed by atoms with E-state index in [1.807, 2.05) is 7.11 Å². The van der Waals surface area contributed by atoms with E-state index >= 15 is 0 Å². The van der Waals surface area contributed by atoms with Gasteiger partial charge in [-0.25, -0.2) is 0 Å². The third-order valence-corrected chi connectivity index (χ3v) is 5.47. The highest BCUT2D eigenvalue weighted by Crippen LogP contribution is 2.65. The molecular weight excluding hydrogens is 172 g/mol. The van der Waals surface area contributed by atoms with Crippen LogP contribution in [0.4, 0.5) is 0 Å². The first kappa shape index (κ1) is 10.5. The molecule has 2 bridgehead atoms. The number of methoxy groups -OCH3 is 1. The van der Waals surface area contributed by atoms with Crippen molar-refractivity contribution in [2.24, 2.45) is 23.2 Å². The molecular formula is C13H24O. The largest absolute Gasteiger partial charge is 0.378 e. The lowest BCUT2D eigenvalue weighted by Gasteiger charge is -2.66. The van der Waals surface area contributed by atoms with Crippen LogP contribution in [-0.4, -0.2) is 12.7 Å². The maximum absolute atomic E-state index is 5.87. The van der Waals surface area contributed by atoms with E-state index in [-0.39, 0.29) is 5.60 Å². The highest BCUT2D eigenvalue weighted by Gasteiger charge is 2.62. The Balaban J connectivity index is 2.26. The van der Waals surface area contributed by atoms with Crippen molar-refractivity contribution in [2.45, 2.75) is 52.6 Å². The van der Waals surface area contributed by atoms with Crippen molar-refractivity contribution in [2.75, 3.05) is 7.11 Å². The lowest BCUT2D eigenvalue weighted by Crippen LogP contribution is -2.64. The van der Waals surface area contributed by atoms with Crippen molar-refractivity contribution in [1.82, 2.24) is 0 Å². The number of ether oxygens (including phenoxy) is 1. The first-order valence-corrected chi connectivity index (χ1v) is 6.02. The van der Waals surface area contributed by atoms with Crippen LogP contribution in [0, 0.1) is 23.2 Å². The third kappa shape index (κ3) is 1.05. The number of rotatable bonds is 2. The van der Waals surface area contributed by atoms with E-state index in [4.69, 9.17) is 4.74 Å². The highest BCUT2D eigenvalue weighted by molar-refractivity contribution is 5.12. The Bertz CT molecular complexity index is 233. The molecule has 1 nitrogen and oxygen atoms in total. The molecule has 0 radical (unpaired) electrons. The van der Waals surface area contributed by atoms with Crippen LogP contribution in [0.2, 0.25) is 0 Å². The number of hydrogen-bond acceptors (Lipinski definition) is 1. The highest BCUT2D eigenvalue weighted by atomic mass is 16.5. The quantitative estimate of drug-likeness (QED) is 0.657. The predicted molar refractivity (Wildman–Crippen MR) is 59.2 cm³/mol. The zero-order chi connectivity index (χ0) is 10.6. The van der Waals surface area contributed by atoms with Gasteiger partial charge >= 0.3 is 0 Å². The van der Waals surface area contributed by atoms with Gasteiger partial charge < -0.3 is 4.74 Å². The second-order valence-corrected chi connectivity index (χ2v) is 6.04. The monoisotopic (exact) mass is 196 g/mol. The molecule has 3 saturated carbocycles. The average molecular weight is 196 g/mol. The fraction of sp³-hybridized carbons (Fsp3) is 1.00. The first-order chi connectivity index (χ1) is 6.46. The molecule has 0 spiro atoms. The molecule has 0 aliphatic heterocycles. The van der Waals surface area contributed by atoms with Gasteiger partial charge in [0.25, 0.3) is 0 Å². The summed E-state index contributed by atoms with van der Waals surface area (Å²) >= 11 is 0. The van der Waals surface area contributed by atoms with Gasteiger partial charge in [0, 0.05) is 7.11 Å². The van der Waals surface area contributed by atoms with Crippen LogP contribution in [0.1, 0.15) is 47.0 Å². The molecule has 3 aliphatic rings. The van der Waals surface area contributed by atoms with E-state index in [2.05, 4.69) is 27.7 Å². The van der Waals surface area contributed by atoms with Crippen LogP contribution in [0.25, 0.3) is 0 Å². The summed E-state index contributed by atoms with van der Waals surface area (Å²) in [6.07, 6.45) is 4.05. The Kier molecular flexibility index (Phi) is 2.23. The predicted octanol–water partition coefficient (Wildman–Crippen LogP) is 3.48. The Hall–Kier alpha value is -0.0400. The molecule has 82 valence electrons. The van der Waals surface area contributed by atoms with E-state index in [1.54, 1.807) is 0 Å². The SMILES string of the molecule is CCC1CC2CC(C2(C)C)C1(C)OC. The maximum atomic E-state index is 5.87. The lowest BCUT2D eigenvalue weighted by atomic mass is 9.41. The van der Waals surface area contributed by atoms with E-state index in [9.17, 15) is 0 Å². The minimum atomic E-state index is 0.146. The molecule has 3 aliphatic carbocycles. The van der Waals surface area contributed by atoms with E-state index in [1.165, 1.54) is 19.3 Å². The van der Waals surface area contributed by atoms with Gasteiger partial charge in [-0.2, -0.15) is 0 Å². The molecule has 3 fully saturated rings. The lowest BCUT2D eigenvalue weighted by molar-refractivity contribution is -0.237. The summed E-state index contributed by atoms with van der Waals surface area (Å²) in [6, 6.07) is 0. The summed E-state index contributed by atoms with van der Waals surface area (Å²) in [7, 11) is 1.90. The van der Waals surface area contributed by atoms with Crippen molar-refractivity contribution in [3.63, 3.8) is 0 Å². The zero-order valence-electron chi connectivity index (χ0n) is 10.3. The average Bonchev–Trinajstić information content (AvgIpc) is 2.17. The standard InChI is InChI=1S/C13H24O/c1-6-9-7-10-8-11(12(10,2)3)13(9,4)14-5/h9-11H,6-8H2,1-5H3. The molecule has 0 aromatic heterocycles. The molecule has 0 aromatic carbocycles. The summed E-state index contributed by atoms with van der Waals surface area (Å²) in [5.74, 6) is 2.52. The maximum Gasteiger partial charge on any atom is 0.0712 e. The summed E-state index contributed by atoms with van der Waals surface area (Å²) in [5, 5.41) is 0. The Morgan fingerprint density at radius 2 is 1.86 bits per heavy atom. The zero-order valence-corrected chi connectivity index (χ0v) is 10.3. The van der Waals surface area contributed by atoms with E-state index < -0.39 is 0 Å². The number of hydrogen-bond donors (Lipinski definition) is 0. The molecule has 0 aromatic rings. The van der Waals surface area contributed by atoms with Crippen LogP contribution in [0.5, 0.6) is 0 Å². The normalized spacial score (nSPS) is 49.9. The van der Waals surface area contributed by atoms with Crippen molar-refractivity contribution in [3.05, 3.63) is 0 Å². The molecule has 1 heteroatoms. The summed E-state index contributed by atoms with van der Waals surface area (Å²) < 4.78 is 5.87. The van der Waals surface area contributed by atoms with Gasteiger partial charge in [-0.05, 0) is 42.9 Å². The van der Waals surface area contributed by atoms with Gasteiger partial charge in [-0.3, -0.25) is 0 Å². The van der Waals surface area contributed by atoms with Gasteiger partial charge in [0.1, 0.15) is 0 Å². The number of fused-ring (bicyclic) bond motifs is 2. The second-order valence-electron chi connectivity index (χ2n) is 6.04.